The number of rotatable bonds is 7. The molecular weight excluding hydrogens is 426 g/mol. The number of carbonyl (C=O) groups is 1. The molecule has 0 N–H and O–H groups in total. The number of hydrogen-bond donors (Lipinski definition) is 0. The lowest BCUT2D eigenvalue weighted by Crippen LogP contribution is -2.35. The van der Waals surface area contributed by atoms with Crippen molar-refractivity contribution >= 4 is 6.09 Å². The molecule has 3 aromatic rings. The smallest absolute Gasteiger partial charge is 0.410 e. The second-order valence-electron chi connectivity index (χ2n) is 9.66. The van der Waals surface area contributed by atoms with E-state index >= 15 is 0 Å². The van der Waals surface area contributed by atoms with Gasteiger partial charge in [0.1, 0.15) is 30.3 Å². The van der Waals surface area contributed by atoms with Gasteiger partial charge in [0.25, 0.3) is 0 Å². The van der Waals surface area contributed by atoms with Gasteiger partial charge in [-0.2, -0.15) is 0 Å². The first kappa shape index (κ1) is 23.7. The normalized spacial score (nSPS) is 15.7. The summed E-state index contributed by atoms with van der Waals surface area (Å²) in [6.45, 7) is 7.92. The van der Waals surface area contributed by atoms with E-state index in [2.05, 4.69) is 18.2 Å². The number of benzene rings is 3. The van der Waals surface area contributed by atoms with Crippen LogP contribution < -0.4 is 9.47 Å². The Balaban J connectivity index is 1.50. The van der Waals surface area contributed by atoms with Gasteiger partial charge in [0.2, 0.25) is 0 Å². The van der Waals surface area contributed by atoms with Crippen LogP contribution in [0.15, 0.2) is 78.9 Å². The summed E-state index contributed by atoms with van der Waals surface area (Å²) < 4.78 is 17.9. The predicted octanol–water partition coefficient (Wildman–Crippen LogP) is 6.57. The first-order chi connectivity index (χ1) is 16.4. The minimum absolute atomic E-state index is 0.182. The lowest BCUT2D eigenvalue weighted by atomic mass is 9.97. The molecule has 0 saturated carbocycles. The predicted molar refractivity (Wildman–Crippen MR) is 133 cm³/mol. The largest absolute Gasteiger partial charge is 0.489 e. The summed E-state index contributed by atoms with van der Waals surface area (Å²) in [5, 5.41) is 0. The van der Waals surface area contributed by atoms with Gasteiger partial charge < -0.3 is 19.1 Å². The van der Waals surface area contributed by atoms with Gasteiger partial charge in [0.05, 0.1) is 0 Å². The molecule has 1 heterocycles. The van der Waals surface area contributed by atoms with Crippen LogP contribution in [-0.4, -0.2) is 29.7 Å². The maximum atomic E-state index is 12.6. The van der Waals surface area contributed by atoms with Crippen molar-refractivity contribution in [2.45, 2.75) is 51.9 Å². The molecule has 178 valence electrons. The van der Waals surface area contributed by atoms with E-state index in [9.17, 15) is 4.79 Å². The van der Waals surface area contributed by atoms with Gasteiger partial charge >= 0.3 is 6.09 Å². The van der Waals surface area contributed by atoms with Crippen LogP contribution in [0.5, 0.6) is 11.5 Å². The Hall–Kier alpha value is -3.47. The highest BCUT2D eigenvalue weighted by Crippen LogP contribution is 2.37. The fourth-order valence-corrected chi connectivity index (χ4v) is 4.05. The Morgan fingerprint density at radius 2 is 1.50 bits per heavy atom. The number of nitrogens with zero attached hydrogens (tertiary/aromatic N) is 1. The minimum Gasteiger partial charge on any atom is -0.489 e. The fraction of sp³-hybridized carbons (Fsp3) is 0.345. The van der Waals surface area contributed by atoms with E-state index < -0.39 is 5.60 Å². The van der Waals surface area contributed by atoms with E-state index in [0.717, 1.165) is 34.6 Å². The first-order valence-electron chi connectivity index (χ1n) is 11.8. The zero-order chi connectivity index (χ0) is 24.0. The molecule has 1 saturated heterocycles. The number of likely N-dealkylation sites (tertiary alicyclic amines) is 1. The van der Waals surface area contributed by atoms with Crippen LogP contribution >= 0.6 is 0 Å². The lowest BCUT2D eigenvalue weighted by Gasteiger charge is -2.24. The summed E-state index contributed by atoms with van der Waals surface area (Å²) in [4.78, 5) is 14.3. The summed E-state index contributed by atoms with van der Waals surface area (Å²) in [5.74, 6) is 1.74. The van der Waals surface area contributed by atoms with Gasteiger partial charge in [0, 0.05) is 25.1 Å². The van der Waals surface area contributed by atoms with Crippen molar-refractivity contribution in [3.05, 3.63) is 95.6 Å². The Morgan fingerprint density at radius 1 is 0.882 bits per heavy atom. The van der Waals surface area contributed by atoms with E-state index in [1.165, 1.54) is 0 Å². The van der Waals surface area contributed by atoms with Crippen molar-refractivity contribution in [3.8, 4) is 11.5 Å². The average molecular weight is 460 g/mol. The van der Waals surface area contributed by atoms with Crippen LogP contribution in [0.3, 0.4) is 0 Å². The molecule has 1 unspecified atom stereocenters. The molecule has 0 spiro atoms. The van der Waals surface area contributed by atoms with Crippen molar-refractivity contribution in [2.75, 3.05) is 13.1 Å². The second kappa shape index (κ2) is 10.6. The van der Waals surface area contributed by atoms with Crippen molar-refractivity contribution in [1.82, 2.24) is 4.90 Å². The summed E-state index contributed by atoms with van der Waals surface area (Å²) in [6.07, 6.45) is 0.607. The Kier molecular flexibility index (Phi) is 7.41. The highest BCUT2D eigenvalue weighted by molar-refractivity contribution is 5.68. The van der Waals surface area contributed by atoms with Crippen molar-refractivity contribution in [3.63, 3.8) is 0 Å². The molecule has 0 radical (unpaired) electrons. The van der Waals surface area contributed by atoms with Gasteiger partial charge in [0.15, 0.2) is 0 Å². The van der Waals surface area contributed by atoms with Crippen LogP contribution in [-0.2, 0) is 18.0 Å². The maximum Gasteiger partial charge on any atom is 0.410 e. The molecule has 0 bridgehead atoms. The Labute approximate surface area is 202 Å². The molecule has 1 aliphatic rings. The van der Waals surface area contributed by atoms with Gasteiger partial charge in [-0.25, -0.2) is 4.79 Å². The van der Waals surface area contributed by atoms with Crippen molar-refractivity contribution in [1.29, 1.82) is 0 Å². The number of amides is 1. The minimum atomic E-state index is -0.503. The van der Waals surface area contributed by atoms with Gasteiger partial charge in [-0.05, 0) is 49.9 Å². The van der Waals surface area contributed by atoms with E-state index in [1.807, 2.05) is 81.4 Å². The SMILES string of the molecule is CC(C)(C)OC(=O)N1CCC(c2ccc(OCc3ccccc3)cc2OCc2ccccc2)C1. The Bertz CT molecular complexity index is 1080. The van der Waals surface area contributed by atoms with E-state index in [1.54, 1.807) is 4.90 Å². The summed E-state index contributed by atoms with van der Waals surface area (Å²) in [5.41, 5.74) is 2.80. The monoisotopic (exact) mass is 459 g/mol. The molecule has 1 fully saturated rings. The molecule has 1 atom stereocenters. The maximum absolute atomic E-state index is 12.6. The molecular formula is C29H33NO4. The molecule has 5 nitrogen and oxygen atoms in total. The molecule has 4 rings (SSSR count). The number of ether oxygens (including phenoxy) is 3. The first-order valence-corrected chi connectivity index (χ1v) is 11.8. The molecule has 0 aromatic heterocycles. The van der Waals surface area contributed by atoms with Crippen molar-refractivity contribution < 1.29 is 19.0 Å². The van der Waals surface area contributed by atoms with Crippen LogP contribution in [0.2, 0.25) is 0 Å². The third-order valence-corrected chi connectivity index (χ3v) is 5.75. The van der Waals surface area contributed by atoms with Gasteiger partial charge in [-0.3, -0.25) is 0 Å². The van der Waals surface area contributed by atoms with Crippen LogP contribution in [0.25, 0.3) is 0 Å². The molecule has 1 amide bonds. The fourth-order valence-electron chi connectivity index (χ4n) is 4.05. The Morgan fingerprint density at radius 3 is 2.12 bits per heavy atom. The topological polar surface area (TPSA) is 48.0 Å². The van der Waals surface area contributed by atoms with Crippen molar-refractivity contribution in [2.24, 2.45) is 0 Å². The molecule has 0 aliphatic carbocycles. The zero-order valence-corrected chi connectivity index (χ0v) is 20.2. The van der Waals surface area contributed by atoms with Gasteiger partial charge in [-0.1, -0.05) is 66.7 Å². The average Bonchev–Trinajstić information content (AvgIpc) is 3.32. The van der Waals surface area contributed by atoms with Gasteiger partial charge in [-0.15, -0.1) is 0 Å². The van der Waals surface area contributed by atoms with E-state index in [-0.39, 0.29) is 12.0 Å². The highest BCUT2D eigenvalue weighted by Gasteiger charge is 2.32. The summed E-state index contributed by atoms with van der Waals surface area (Å²) in [7, 11) is 0. The quantitative estimate of drug-likeness (QED) is 0.401. The van der Waals surface area contributed by atoms with E-state index in [0.29, 0.717) is 26.3 Å². The van der Waals surface area contributed by atoms with Crippen LogP contribution in [0.1, 0.15) is 49.8 Å². The third-order valence-electron chi connectivity index (χ3n) is 5.75. The zero-order valence-electron chi connectivity index (χ0n) is 20.2. The molecule has 34 heavy (non-hydrogen) atoms. The third kappa shape index (κ3) is 6.53. The molecule has 5 heteroatoms. The number of carbonyl (C=O) groups excluding carboxylic acids is 1. The molecule has 3 aromatic carbocycles. The van der Waals surface area contributed by atoms with E-state index in [4.69, 9.17) is 14.2 Å². The standard InChI is InChI=1S/C29H33NO4/c1-29(2,3)34-28(31)30-17-16-24(19-30)26-15-14-25(32-20-22-10-6-4-7-11-22)18-27(26)33-21-23-12-8-5-9-13-23/h4-15,18,24H,16-17,19-21H2,1-3H3. The van der Waals surface area contributed by atoms with Crippen LogP contribution in [0, 0.1) is 0 Å². The summed E-state index contributed by atoms with van der Waals surface area (Å²) >= 11 is 0. The highest BCUT2D eigenvalue weighted by atomic mass is 16.6. The molecule has 1 aliphatic heterocycles. The second-order valence-corrected chi connectivity index (χ2v) is 9.66. The lowest BCUT2D eigenvalue weighted by molar-refractivity contribution is 0.0292. The number of hydrogen-bond acceptors (Lipinski definition) is 4. The summed E-state index contributed by atoms with van der Waals surface area (Å²) in [6, 6.07) is 26.3. The van der Waals surface area contributed by atoms with Crippen LogP contribution in [0.4, 0.5) is 4.79 Å².